The van der Waals surface area contributed by atoms with Gasteiger partial charge in [-0.2, -0.15) is 0 Å². The quantitative estimate of drug-likeness (QED) is 0.774. The minimum Gasteiger partial charge on any atom is -0.481 e. The minimum atomic E-state index is -0.700. The molecule has 1 aromatic carbocycles. The minimum absolute atomic E-state index is 0.211. The maximum Gasteiger partial charge on any atom is 0.319 e. The molecule has 2 amide bonds. The van der Waals surface area contributed by atoms with E-state index in [0.717, 1.165) is 23.0 Å². The second kappa shape index (κ2) is 7.45. The molecule has 5 nitrogen and oxygen atoms in total. The molecule has 3 N–H and O–H groups in total. The lowest BCUT2D eigenvalue weighted by atomic mass is 9.82. The van der Waals surface area contributed by atoms with Gasteiger partial charge in [0.1, 0.15) is 0 Å². The van der Waals surface area contributed by atoms with Gasteiger partial charge >= 0.3 is 12.0 Å². The molecule has 0 heterocycles. The summed E-state index contributed by atoms with van der Waals surface area (Å²) in [4.78, 5) is 22.7. The summed E-state index contributed by atoms with van der Waals surface area (Å²) in [7, 11) is 0. The number of carboxylic acids is 1. The molecule has 0 unspecified atom stereocenters. The summed E-state index contributed by atoms with van der Waals surface area (Å²) in [6.07, 6.45) is 3.12. The summed E-state index contributed by atoms with van der Waals surface area (Å²) in [6.45, 7) is 0.589. The second-order valence-electron chi connectivity index (χ2n) is 5.40. The van der Waals surface area contributed by atoms with Crippen molar-refractivity contribution in [1.29, 1.82) is 0 Å². The normalized spacial score (nSPS) is 21.6. The maximum atomic E-state index is 11.8. The van der Waals surface area contributed by atoms with Crippen LogP contribution in [-0.2, 0) is 4.79 Å². The summed E-state index contributed by atoms with van der Waals surface area (Å²) in [5, 5.41) is 14.6. The van der Waals surface area contributed by atoms with Crippen LogP contribution in [0.2, 0.25) is 0 Å². The number of aliphatic carboxylic acids is 1. The van der Waals surface area contributed by atoms with Gasteiger partial charge in [-0.15, -0.1) is 0 Å². The van der Waals surface area contributed by atoms with Gasteiger partial charge < -0.3 is 15.7 Å². The Balaban J connectivity index is 1.71. The SMILES string of the molecule is O=C(NCC1CCC(C(=O)O)CC1)Nc1cccc(Br)c1. The van der Waals surface area contributed by atoms with Crippen molar-refractivity contribution in [1.82, 2.24) is 5.32 Å². The molecule has 1 saturated carbocycles. The van der Waals surface area contributed by atoms with Crippen molar-refractivity contribution in [2.45, 2.75) is 25.7 Å². The highest BCUT2D eigenvalue weighted by Gasteiger charge is 2.25. The van der Waals surface area contributed by atoms with Crippen LogP contribution in [0.1, 0.15) is 25.7 Å². The largest absolute Gasteiger partial charge is 0.481 e. The molecule has 1 fully saturated rings. The monoisotopic (exact) mass is 354 g/mol. The number of anilines is 1. The summed E-state index contributed by atoms with van der Waals surface area (Å²) < 4.78 is 0.910. The van der Waals surface area contributed by atoms with E-state index in [2.05, 4.69) is 26.6 Å². The fourth-order valence-corrected chi connectivity index (χ4v) is 2.99. The molecule has 0 spiro atoms. The number of amides is 2. The number of benzene rings is 1. The molecular formula is C15H19BrN2O3. The number of hydrogen-bond donors (Lipinski definition) is 3. The molecule has 0 aliphatic heterocycles. The number of carbonyl (C=O) groups is 2. The van der Waals surface area contributed by atoms with Gasteiger partial charge in [0.2, 0.25) is 0 Å². The average molecular weight is 355 g/mol. The first kappa shape index (κ1) is 15.8. The van der Waals surface area contributed by atoms with E-state index < -0.39 is 5.97 Å². The van der Waals surface area contributed by atoms with Gasteiger partial charge in [0, 0.05) is 16.7 Å². The number of carboxylic acid groups (broad SMARTS) is 1. The zero-order valence-corrected chi connectivity index (χ0v) is 13.2. The van der Waals surface area contributed by atoms with Crippen LogP contribution in [0.4, 0.5) is 10.5 Å². The smallest absolute Gasteiger partial charge is 0.319 e. The van der Waals surface area contributed by atoms with E-state index in [0.29, 0.717) is 25.3 Å². The van der Waals surface area contributed by atoms with Crippen molar-refractivity contribution >= 4 is 33.6 Å². The van der Waals surface area contributed by atoms with Gasteiger partial charge in [-0.25, -0.2) is 4.79 Å². The molecule has 1 aromatic rings. The van der Waals surface area contributed by atoms with Crippen molar-refractivity contribution in [3.63, 3.8) is 0 Å². The van der Waals surface area contributed by atoms with E-state index in [1.54, 1.807) is 0 Å². The van der Waals surface area contributed by atoms with Crippen LogP contribution in [0.15, 0.2) is 28.7 Å². The standard InChI is InChI=1S/C15H19BrN2O3/c16-12-2-1-3-13(8-12)18-15(21)17-9-10-4-6-11(7-5-10)14(19)20/h1-3,8,10-11H,4-7,9H2,(H,19,20)(H2,17,18,21). The second-order valence-corrected chi connectivity index (χ2v) is 6.32. The first-order chi connectivity index (χ1) is 10.0. The Bertz CT molecular complexity index is 513. The Labute approximate surface area is 132 Å². The molecule has 0 aromatic heterocycles. The number of hydrogen-bond acceptors (Lipinski definition) is 2. The van der Waals surface area contributed by atoms with Gasteiger partial charge in [0.15, 0.2) is 0 Å². The number of halogens is 1. The van der Waals surface area contributed by atoms with Crippen LogP contribution >= 0.6 is 15.9 Å². The van der Waals surface area contributed by atoms with Crippen LogP contribution in [0, 0.1) is 11.8 Å². The van der Waals surface area contributed by atoms with E-state index in [1.807, 2.05) is 24.3 Å². The first-order valence-corrected chi connectivity index (χ1v) is 7.87. The molecule has 0 atom stereocenters. The fourth-order valence-electron chi connectivity index (χ4n) is 2.59. The zero-order chi connectivity index (χ0) is 15.2. The van der Waals surface area contributed by atoms with Gasteiger partial charge in [0.05, 0.1) is 5.92 Å². The Kier molecular flexibility index (Phi) is 5.61. The first-order valence-electron chi connectivity index (χ1n) is 7.08. The van der Waals surface area contributed by atoms with Crippen molar-refractivity contribution in [2.75, 3.05) is 11.9 Å². The van der Waals surface area contributed by atoms with Gasteiger partial charge in [-0.1, -0.05) is 22.0 Å². The molecule has 0 radical (unpaired) electrons. The molecule has 0 saturated heterocycles. The molecular weight excluding hydrogens is 336 g/mol. The third kappa shape index (κ3) is 5.04. The van der Waals surface area contributed by atoms with Crippen LogP contribution < -0.4 is 10.6 Å². The predicted octanol–water partition coefficient (Wildman–Crippen LogP) is 3.46. The van der Waals surface area contributed by atoms with Crippen molar-refractivity contribution in [2.24, 2.45) is 11.8 Å². The van der Waals surface area contributed by atoms with E-state index in [-0.39, 0.29) is 11.9 Å². The van der Waals surface area contributed by atoms with Gasteiger partial charge in [-0.3, -0.25) is 4.79 Å². The number of carbonyl (C=O) groups excluding carboxylic acids is 1. The summed E-state index contributed by atoms with van der Waals surface area (Å²) in [5.41, 5.74) is 0.733. The van der Waals surface area contributed by atoms with E-state index in [1.165, 1.54) is 0 Å². The lowest BCUT2D eigenvalue weighted by Gasteiger charge is -2.26. The summed E-state index contributed by atoms with van der Waals surface area (Å²) >= 11 is 3.35. The Hall–Kier alpha value is -1.56. The molecule has 1 aliphatic rings. The van der Waals surface area contributed by atoms with Gasteiger partial charge in [-0.05, 0) is 49.8 Å². The number of urea groups is 1. The molecule has 21 heavy (non-hydrogen) atoms. The molecule has 0 bridgehead atoms. The van der Waals surface area contributed by atoms with Crippen LogP contribution in [0.5, 0.6) is 0 Å². The number of rotatable bonds is 4. The summed E-state index contributed by atoms with van der Waals surface area (Å²) in [6, 6.07) is 7.17. The van der Waals surface area contributed by atoms with E-state index in [9.17, 15) is 9.59 Å². The van der Waals surface area contributed by atoms with E-state index in [4.69, 9.17) is 5.11 Å². The molecule has 6 heteroatoms. The maximum absolute atomic E-state index is 11.8. The third-order valence-electron chi connectivity index (χ3n) is 3.83. The van der Waals surface area contributed by atoms with Crippen molar-refractivity contribution < 1.29 is 14.7 Å². The van der Waals surface area contributed by atoms with Crippen LogP contribution in [0.25, 0.3) is 0 Å². The van der Waals surface area contributed by atoms with E-state index >= 15 is 0 Å². The Morgan fingerprint density at radius 1 is 1.24 bits per heavy atom. The molecule has 1 aliphatic carbocycles. The lowest BCUT2D eigenvalue weighted by Crippen LogP contribution is -2.35. The van der Waals surface area contributed by atoms with Crippen molar-refractivity contribution in [3.8, 4) is 0 Å². The molecule has 114 valence electrons. The summed E-state index contributed by atoms with van der Waals surface area (Å²) in [5.74, 6) is -0.542. The Morgan fingerprint density at radius 3 is 2.57 bits per heavy atom. The topological polar surface area (TPSA) is 78.4 Å². The van der Waals surface area contributed by atoms with Crippen LogP contribution in [-0.4, -0.2) is 23.7 Å². The predicted molar refractivity (Wildman–Crippen MR) is 84.2 cm³/mol. The van der Waals surface area contributed by atoms with Crippen LogP contribution in [0.3, 0.4) is 0 Å². The Morgan fingerprint density at radius 2 is 1.95 bits per heavy atom. The lowest BCUT2D eigenvalue weighted by molar-refractivity contribution is -0.143. The number of nitrogens with one attached hydrogen (secondary N) is 2. The highest BCUT2D eigenvalue weighted by atomic mass is 79.9. The van der Waals surface area contributed by atoms with Crippen molar-refractivity contribution in [3.05, 3.63) is 28.7 Å². The average Bonchev–Trinajstić information content (AvgIpc) is 2.45. The molecule has 2 rings (SSSR count). The fraction of sp³-hybridized carbons (Fsp3) is 0.467. The van der Waals surface area contributed by atoms with Gasteiger partial charge in [0.25, 0.3) is 0 Å². The third-order valence-corrected chi connectivity index (χ3v) is 4.32. The highest BCUT2D eigenvalue weighted by molar-refractivity contribution is 9.10. The highest BCUT2D eigenvalue weighted by Crippen LogP contribution is 2.28. The zero-order valence-electron chi connectivity index (χ0n) is 11.6.